The largest absolute Gasteiger partial charge is 0.495 e. The normalized spacial score (nSPS) is 12.3. The summed E-state index contributed by atoms with van der Waals surface area (Å²) in [6.07, 6.45) is 1.27. The summed E-state index contributed by atoms with van der Waals surface area (Å²) < 4.78 is 5.11. The first-order chi connectivity index (χ1) is 6.15. The minimum Gasteiger partial charge on any atom is -0.495 e. The smallest absolute Gasteiger partial charge is 0.135 e. The standard InChI is InChI=1S/C10H14O2S/c1-7(2)6-8(11)10-9(12-3)4-5-13-10/h4-6,8,11H,1-3H3. The fraction of sp³-hybridized carbons (Fsp3) is 0.400. The molecule has 0 amide bonds. The highest BCUT2D eigenvalue weighted by Crippen LogP contribution is 2.31. The van der Waals surface area contributed by atoms with Crippen molar-refractivity contribution in [3.05, 3.63) is 28.0 Å². The highest BCUT2D eigenvalue weighted by atomic mass is 32.1. The van der Waals surface area contributed by atoms with Crippen LogP contribution in [0.3, 0.4) is 0 Å². The predicted octanol–water partition coefficient (Wildman–Crippen LogP) is 2.76. The molecule has 1 rings (SSSR count). The molecule has 1 aromatic heterocycles. The average molecular weight is 198 g/mol. The van der Waals surface area contributed by atoms with E-state index >= 15 is 0 Å². The molecule has 1 unspecified atom stereocenters. The van der Waals surface area contributed by atoms with E-state index in [-0.39, 0.29) is 0 Å². The van der Waals surface area contributed by atoms with Crippen molar-refractivity contribution >= 4 is 11.3 Å². The molecule has 0 aliphatic heterocycles. The van der Waals surface area contributed by atoms with Crippen LogP contribution in [0.25, 0.3) is 0 Å². The molecular weight excluding hydrogens is 184 g/mol. The summed E-state index contributed by atoms with van der Waals surface area (Å²) in [5, 5.41) is 11.7. The number of hydrogen-bond donors (Lipinski definition) is 1. The van der Waals surface area contributed by atoms with Crippen LogP contribution in [-0.4, -0.2) is 12.2 Å². The molecule has 2 nitrogen and oxygen atoms in total. The molecule has 0 bridgehead atoms. The lowest BCUT2D eigenvalue weighted by Crippen LogP contribution is -1.93. The topological polar surface area (TPSA) is 29.5 Å². The Bertz CT molecular complexity index is 298. The molecule has 0 saturated carbocycles. The van der Waals surface area contributed by atoms with Gasteiger partial charge in [0.25, 0.3) is 0 Å². The van der Waals surface area contributed by atoms with E-state index in [1.165, 1.54) is 11.3 Å². The van der Waals surface area contributed by atoms with Gasteiger partial charge < -0.3 is 9.84 Å². The molecule has 0 radical (unpaired) electrons. The summed E-state index contributed by atoms with van der Waals surface area (Å²) in [5.41, 5.74) is 1.10. The Balaban J connectivity index is 2.88. The maximum absolute atomic E-state index is 9.75. The first-order valence-electron chi connectivity index (χ1n) is 4.09. The lowest BCUT2D eigenvalue weighted by atomic mass is 10.2. The predicted molar refractivity (Wildman–Crippen MR) is 55.3 cm³/mol. The van der Waals surface area contributed by atoms with Crippen LogP contribution in [0, 0.1) is 0 Å². The molecule has 0 aromatic carbocycles. The second kappa shape index (κ2) is 4.44. The number of methoxy groups -OCH3 is 1. The maximum atomic E-state index is 9.75. The third-order valence-corrected chi connectivity index (χ3v) is 2.61. The quantitative estimate of drug-likeness (QED) is 0.757. The van der Waals surface area contributed by atoms with Crippen molar-refractivity contribution in [3.8, 4) is 5.75 Å². The Morgan fingerprint density at radius 3 is 2.85 bits per heavy atom. The van der Waals surface area contributed by atoms with Crippen LogP contribution < -0.4 is 4.74 Å². The molecule has 0 aliphatic carbocycles. The molecule has 0 saturated heterocycles. The number of aliphatic hydroxyl groups excluding tert-OH is 1. The average Bonchev–Trinajstić information content (AvgIpc) is 2.49. The van der Waals surface area contributed by atoms with Crippen molar-refractivity contribution in [2.45, 2.75) is 20.0 Å². The molecule has 1 aromatic rings. The summed E-state index contributed by atoms with van der Waals surface area (Å²) in [7, 11) is 1.61. The van der Waals surface area contributed by atoms with E-state index in [0.717, 1.165) is 16.2 Å². The van der Waals surface area contributed by atoms with Crippen LogP contribution in [0.1, 0.15) is 24.8 Å². The Kier molecular flexibility index (Phi) is 3.51. The second-order valence-corrected chi connectivity index (χ2v) is 3.99. The van der Waals surface area contributed by atoms with Crippen LogP contribution in [0.5, 0.6) is 5.75 Å². The van der Waals surface area contributed by atoms with Crippen molar-refractivity contribution in [1.82, 2.24) is 0 Å². The van der Waals surface area contributed by atoms with E-state index in [1.807, 2.05) is 31.4 Å². The van der Waals surface area contributed by atoms with Gasteiger partial charge in [-0.1, -0.05) is 11.6 Å². The summed E-state index contributed by atoms with van der Waals surface area (Å²) in [6.45, 7) is 3.92. The summed E-state index contributed by atoms with van der Waals surface area (Å²) in [5.74, 6) is 0.759. The van der Waals surface area contributed by atoms with Gasteiger partial charge >= 0.3 is 0 Å². The highest BCUT2D eigenvalue weighted by Gasteiger charge is 2.11. The number of rotatable bonds is 3. The van der Waals surface area contributed by atoms with Crippen LogP contribution in [0.15, 0.2) is 23.1 Å². The molecule has 1 heterocycles. The van der Waals surface area contributed by atoms with Gasteiger partial charge in [-0.3, -0.25) is 0 Å². The Hall–Kier alpha value is -0.800. The highest BCUT2D eigenvalue weighted by molar-refractivity contribution is 7.10. The molecule has 1 atom stereocenters. The van der Waals surface area contributed by atoms with E-state index in [1.54, 1.807) is 7.11 Å². The molecular formula is C10H14O2S. The number of thiophene rings is 1. The van der Waals surface area contributed by atoms with Gasteiger partial charge in [-0.05, 0) is 25.3 Å². The SMILES string of the molecule is COc1ccsc1C(O)C=C(C)C. The number of ether oxygens (including phenoxy) is 1. The van der Waals surface area contributed by atoms with Gasteiger partial charge in [0.05, 0.1) is 12.0 Å². The zero-order valence-corrected chi connectivity index (χ0v) is 8.89. The van der Waals surface area contributed by atoms with Crippen LogP contribution in [0.4, 0.5) is 0 Å². The van der Waals surface area contributed by atoms with Gasteiger partial charge in [0.2, 0.25) is 0 Å². The second-order valence-electron chi connectivity index (χ2n) is 3.04. The van der Waals surface area contributed by atoms with E-state index in [9.17, 15) is 5.11 Å². The Labute approximate surface area is 82.5 Å². The van der Waals surface area contributed by atoms with Crippen molar-refractivity contribution < 1.29 is 9.84 Å². The Morgan fingerprint density at radius 2 is 2.31 bits per heavy atom. The van der Waals surface area contributed by atoms with Crippen molar-refractivity contribution in [2.24, 2.45) is 0 Å². The molecule has 13 heavy (non-hydrogen) atoms. The maximum Gasteiger partial charge on any atom is 0.135 e. The van der Waals surface area contributed by atoms with Gasteiger partial charge in [0.1, 0.15) is 11.9 Å². The fourth-order valence-electron chi connectivity index (χ4n) is 1.08. The van der Waals surface area contributed by atoms with Gasteiger partial charge in [-0.25, -0.2) is 0 Å². The third kappa shape index (κ3) is 2.57. The lowest BCUT2D eigenvalue weighted by molar-refractivity contribution is 0.226. The van der Waals surface area contributed by atoms with E-state index in [4.69, 9.17) is 4.74 Å². The van der Waals surface area contributed by atoms with E-state index in [0.29, 0.717) is 0 Å². The summed E-state index contributed by atoms with van der Waals surface area (Å²) in [4.78, 5) is 0.865. The minimum absolute atomic E-state index is 0.542. The minimum atomic E-state index is -0.542. The van der Waals surface area contributed by atoms with Crippen molar-refractivity contribution in [3.63, 3.8) is 0 Å². The van der Waals surface area contributed by atoms with Gasteiger partial charge in [0.15, 0.2) is 0 Å². The molecule has 3 heteroatoms. The Morgan fingerprint density at radius 1 is 1.62 bits per heavy atom. The zero-order chi connectivity index (χ0) is 9.84. The zero-order valence-electron chi connectivity index (χ0n) is 8.07. The molecule has 0 fully saturated rings. The van der Waals surface area contributed by atoms with Gasteiger partial charge in [-0.15, -0.1) is 11.3 Å². The first kappa shape index (κ1) is 10.3. The monoisotopic (exact) mass is 198 g/mol. The summed E-state index contributed by atoms with van der Waals surface area (Å²) in [6, 6.07) is 1.86. The van der Waals surface area contributed by atoms with Gasteiger partial charge in [-0.2, -0.15) is 0 Å². The molecule has 1 N–H and O–H groups in total. The molecule has 0 aliphatic rings. The lowest BCUT2D eigenvalue weighted by Gasteiger charge is -2.06. The molecule has 72 valence electrons. The fourth-order valence-corrected chi connectivity index (χ4v) is 1.90. The summed E-state index contributed by atoms with van der Waals surface area (Å²) >= 11 is 1.50. The number of aliphatic hydroxyl groups is 1. The van der Waals surface area contributed by atoms with Crippen LogP contribution in [-0.2, 0) is 0 Å². The van der Waals surface area contributed by atoms with Gasteiger partial charge in [0, 0.05) is 0 Å². The first-order valence-corrected chi connectivity index (χ1v) is 4.97. The van der Waals surface area contributed by atoms with Crippen molar-refractivity contribution in [1.29, 1.82) is 0 Å². The van der Waals surface area contributed by atoms with Crippen LogP contribution in [0.2, 0.25) is 0 Å². The third-order valence-electron chi connectivity index (χ3n) is 1.64. The van der Waals surface area contributed by atoms with E-state index < -0.39 is 6.10 Å². The van der Waals surface area contributed by atoms with E-state index in [2.05, 4.69) is 0 Å². The van der Waals surface area contributed by atoms with Crippen LogP contribution >= 0.6 is 11.3 Å². The van der Waals surface area contributed by atoms with Crippen molar-refractivity contribution in [2.75, 3.05) is 7.11 Å². The number of hydrogen-bond acceptors (Lipinski definition) is 3. The molecule has 0 spiro atoms. The number of allylic oxidation sites excluding steroid dienone is 1.